The molecule has 1 aliphatic carbocycles. The van der Waals surface area contributed by atoms with Gasteiger partial charge in [-0.25, -0.2) is 14.8 Å². The first kappa shape index (κ1) is 24.6. The number of rotatable bonds is 4. The van der Waals surface area contributed by atoms with Gasteiger partial charge in [-0.15, -0.1) is 0 Å². The summed E-state index contributed by atoms with van der Waals surface area (Å²) in [6.45, 7) is 7.77. The van der Waals surface area contributed by atoms with Crippen LogP contribution in [0.3, 0.4) is 0 Å². The lowest BCUT2D eigenvalue weighted by atomic mass is 9.89. The summed E-state index contributed by atoms with van der Waals surface area (Å²) in [6.07, 6.45) is 0. The molecule has 0 bridgehead atoms. The topological polar surface area (TPSA) is 147 Å². The van der Waals surface area contributed by atoms with Gasteiger partial charge in [0.1, 0.15) is 17.1 Å². The molecule has 4 N–H and O–H groups in total. The predicted molar refractivity (Wildman–Crippen MR) is 134 cm³/mol. The molecule has 36 heavy (non-hydrogen) atoms. The number of hydrogen-bond donors (Lipinski definition) is 2. The van der Waals surface area contributed by atoms with Gasteiger partial charge in [0.15, 0.2) is 11.5 Å². The van der Waals surface area contributed by atoms with Crippen molar-refractivity contribution in [3.05, 3.63) is 74.9 Å². The maximum Gasteiger partial charge on any atom is 0.356 e. The van der Waals surface area contributed by atoms with Gasteiger partial charge >= 0.3 is 5.97 Å². The van der Waals surface area contributed by atoms with E-state index in [1.54, 1.807) is 6.92 Å². The van der Waals surface area contributed by atoms with Crippen LogP contribution in [0.5, 0.6) is 0 Å². The molecule has 3 aromatic rings. The first-order valence-corrected chi connectivity index (χ1v) is 11.1. The Kier molecular flexibility index (Phi) is 6.09. The standard InChI is InChI=1S/C27H26N4O5/c1-11-7-8-15(13(3)12(11)2)18-14(4)21(27(34)36-6)31-23(19(18)28)17-10-9-16-22(30-17)25(33)20(29)26(35-5)24(16)32/h7-10H,28-29H2,1-6H3. The minimum atomic E-state index is -0.646. The molecular formula is C27H26N4O5. The summed E-state index contributed by atoms with van der Waals surface area (Å²) in [5.41, 5.74) is 18.0. The summed E-state index contributed by atoms with van der Waals surface area (Å²) < 4.78 is 9.98. The predicted octanol–water partition coefficient (Wildman–Crippen LogP) is 3.61. The molecule has 1 aliphatic rings. The average molecular weight is 487 g/mol. The van der Waals surface area contributed by atoms with E-state index in [2.05, 4.69) is 9.97 Å². The number of nitrogens with zero attached hydrogens (tertiary/aromatic N) is 2. The summed E-state index contributed by atoms with van der Waals surface area (Å²) in [5.74, 6) is -2.06. The van der Waals surface area contributed by atoms with Crippen molar-refractivity contribution in [2.75, 3.05) is 20.0 Å². The van der Waals surface area contributed by atoms with Crippen LogP contribution in [-0.4, -0.2) is 41.7 Å². The van der Waals surface area contributed by atoms with Gasteiger partial charge in [0, 0.05) is 5.56 Å². The normalized spacial score (nSPS) is 13.1. The van der Waals surface area contributed by atoms with Crippen LogP contribution in [0.1, 0.15) is 53.6 Å². The number of esters is 1. The molecule has 0 saturated heterocycles. The number of nitrogens with two attached hydrogens (primary N) is 2. The molecule has 0 atom stereocenters. The number of fused-ring (bicyclic) bond motifs is 1. The maximum atomic E-state index is 12.9. The number of methoxy groups -OCH3 is 2. The Hall–Kier alpha value is -4.53. The maximum absolute atomic E-state index is 12.9. The van der Waals surface area contributed by atoms with Gasteiger partial charge in [-0.05, 0) is 67.6 Å². The van der Waals surface area contributed by atoms with Crippen LogP contribution in [0.4, 0.5) is 5.69 Å². The summed E-state index contributed by atoms with van der Waals surface area (Å²) in [5, 5.41) is 0. The highest BCUT2D eigenvalue weighted by Crippen LogP contribution is 2.40. The van der Waals surface area contributed by atoms with Crippen molar-refractivity contribution in [3.8, 4) is 22.5 Å². The fraction of sp³-hybridized carbons (Fsp3) is 0.222. The quantitative estimate of drug-likeness (QED) is 0.528. The van der Waals surface area contributed by atoms with Gasteiger partial charge in [-0.2, -0.15) is 0 Å². The summed E-state index contributed by atoms with van der Waals surface area (Å²) in [4.78, 5) is 47.2. The van der Waals surface area contributed by atoms with Gasteiger partial charge < -0.3 is 20.9 Å². The number of nitrogen functional groups attached to an aromatic ring is 1. The number of benzene rings is 1. The zero-order valence-electron chi connectivity index (χ0n) is 20.9. The zero-order valence-corrected chi connectivity index (χ0v) is 20.9. The first-order valence-electron chi connectivity index (χ1n) is 11.1. The van der Waals surface area contributed by atoms with Crippen molar-refractivity contribution in [2.45, 2.75) is 27.7 Å². The van der Waals surface area contributed by atoms with Gasteiger partial charge in [-0.3, -0.25) is 9.59 Å². The summed E-state index contributed by atoms with van der Waals surface area (Å²) >= 11 is 0. The average Bonchev–Trinajstić information content (AvgIpc) is 2.87. The molecule has 184 valence electrons. The van der Waals surface area contributed by atoms with E-state index in [1.165, 1.54) is 26.4 Å². The largest absolute Gasteiger partial charge is 0.491 e. The molecular weight excluding hydrogens is 460 g/mol. The molecule has 2 aromatic heterocycles. The van der Waals surface area contributed by atoms with E-state index >= 15 is 0 Å². The number of carbonyl (C=O) groups excluding carboxylic acids is 3. The zero-order chi connectivity index (χ0) is 26.5. The van der Waals surface area contributed by atoms with Crippen LogP contribution >= 0.6 is 0 Å². The van der Waals surface area contributed by atoms with E-state index in [9.17, 15) is 14.4 Å². The fourth-order valence-electron chi connectivity index (χ4n) is 4.38. The highest BCUT2D eigenvalue weighted by Gasteiger charge is 2.34. The Labute approximate surface area is 208 Å². The highest BCUT2D eigenvalue weighted by atomic mass is 16.5. The molecule has 9 heteroatoms. The van der Waals surface area contributed by atoms with Crippen LogP contribution in [0.2, 0.25) is 0 Å². The van der Waals surface area contributed by atoms with E-state index in [0.717, 1.165) is 22.3 Å². The van der Waals surface area contributed by atoms with E-state index in [0.29, 0.717) is 11.1 Å². The van der Waals surface area contributed by atoms with E-state index in [4.69, 9.17) is 20.9 Å². The van der Waals surface area contributed by atoms with Crippen molar-refractivity contribution in [1.82, 2.24) is 9.97 Å². The summed E-state index contributed by atoms with van der Waals surface area (Å²) in [7, 11) is 2.53. The second-order valence-corrected chi connectivity index (χ2v) is 8.59. The number of aromatic nitrogens is 2. The number of ketones is 2. The number of pyridine rings is 2. The number of allylic oxidation sites excluding steroid dienone is 2. The number of ether oxygens (including phenoxy) is 2. The minimum Gasteiger partial charge on any atom is -0.491 e. The van der Waals surface area contributed by atoms with Crippen molar-refractivity contribution in [2.24, 2.45) is 5.73 Å². The number of Topliss-reactive ketones (excluding diaryl/α,β-unsaturated/α-hetero) is 2. The van der Waals surface area contributed by atoms with E-state index in [-0.39, 0.29) is 45.5 Å². The fourth-order valence-corrected chi connectivity index (χ4v) is 4.38. The highest BCUT2D eigenvalue weighted by molar-refractivity contribution is 6.25. The Morgan fingerprint density at radius 1 is 0.806 bits per heavy atom. The molecule has 0 amide bonds. The molecule has 0 fully saturated rings. The van der Waals surface area contributed by atoms with Crippen LogP contribution < -0.4 is 11.5 Å². The van der Waals surface area contributed by atoms with Crippen LogP contribution in [-0.2, 0) is 9.47 Å². The minimum absolute atomic E-state index is 0.0545. The Bertz CT molecular complexity index is 1520. The van der Waals surface area contributed by atoms with Crippen LogP contribution in [0.25, 0.3) is 22.5 Å². The van der Waals surface area contributed by atoms with E-state index < -0.39 is 17.5 Å². The van der Waals surface area contributed by atoms with Gasteiger partial charge in [0.2, 0.25) is 11.6 Å². The molecule has 9 nitrogen and oxygen atoms in total. The van der Waals surface area contributed by atoms with Crippen molar-refractivity contribution >= 4 is 23.2 Å². The SMILES string of the molecule is COC(=O)c1nc(-c2ccc3c(n2)C(=O)C(N)=C(OC)C3=O)c(N)c(-c2ccc(C)c(C)c2C)c1C. The molecule has 0 saturated carbocycles. The second kappa shape index (κ2) is 8.92. The number of hydrogen-bond acceptors (Lipinski definition) is 9. The second-order valence-electron chi connectivity index (χ2n) is 8.59. The Morgan fingerprint density at radius 3 is 2.11 bits per heavy atom. The first-order chi connectivity index (χ1) is 17.0. The lowest BCUT2D eigenvalue weighted by Crippen LogP contribution is -2.28. The lowest BCUT2D eigenvalue weighted by molar-refractivity contribution is 0.0593. The third kappa shape index (κ3) is 3.60. The lowest BCUT2D eigenvalue weighted by Gasteiger charge is -2.20. The molecule has 0 radical (unpaired) electrons. The Morgan fingerprint density at radius 2 is 1.47 bits per heavy atom. The van der Waals surface area contributed by atoms with Gasteiger partial charge in [0.05, 0.1) is 31.2 Å². The van der Waals surface area contributed by atoms with Crippen molar-refractivity contribution in [1.29, 1.82) is 0 Å². The monoisotopic (exact) mass is 486 g/mol. The molecule has 4 rings (SSSR count). The third-order valence-corrected chi connectivity index (χ3v) is 6.68. The molecule has 0 unspecified atom stereocenters. The summed E-state index contributed by atoms with van der Waals surface area (Å²) in [6, 6.07) is 6.90. The van der Waals surface area contributed by atoms with Crippen molar-refractivity contribution < 1.29 is 23.9 Å². The van der Waals surface area contributed by atoms with Gasteiger partial charge in [0.25, 0.3) is 0 Å². The van der Waals surface area contributed by atoms with Crippen molar-refractivity contribution in [3.63, 3.8) is 0 Å². The molecule has 0 aliphatic heterocycles. The van der Waals surface area contributed by atoms with E-state index in [1.807, 2.05) is 32.9 Å². The number of aryl methyl sites for hydroxylation is 1. The molecule has 1 aromatic carbocycles. The molecule has 2 heterocycles. The van der Waals surface area contributed by atoms with Crippen LogP contribution in [0.15, 0.2) is 35.7 Å². The van der Waals surface area contributed by atoms with Gasteiger partial charge in [-0.1, -0.05) is 12.1 Å². The third-order valence-electron chi connectivity index (χ3n) is 6.68. The smallest absolute Gasteiger partial charge is 0.356 e. The Balaban J connectivity index is 2.02. The van der Waals surface area contributed by atoms with Crippen LogP contribution in [0, 0.1) is 27.7 Å². The molecule has 0 spiro atoms. The number of carbonyl (C=O) groups is 3. The number of anilines is 1.